The number of alkyl halides is 3. The van der Waals surface area contributed by atoms with Crippen molar-refractivity contribution in [2.75, 3.05) is 0 Å². The molecule has 1 atom stereocenters. The normalized spacial score (nSPS) is 16.5. The molecule has 6 nitrogen and oxygen atoms in total. The summed E-state index contributed by atoms with van der Waals surface area (Å²) in [7, 11) is 0. The molecule has 108 valence electrons. The molecular weight excluding hydrogens is 279 g/mol. The highest BCUT2D eigenvalue weighted by Gasteiger charge is 2.38. The fraction of sp³-hybridized carbons (Fsp3) is 0.364. The third-order valence-electron chi connectivity index (χ3n) is 2.95. The molecule has 0 saturated heterocycles. The first kappa shape index (κ1) is 10.5. The Labute approximate surface area is 114 Å². The average molecular weight is 292 g/mol. The highest BCUT2D eigenvalue weighted by molar-refractivity contribution is 5.88. The molecule has 1 unspecified atom stereocenters. The zero-order valence-corrected chi connectivity index (χ0v) is 10.0. The van der Waals surface area contributed by atoms with Crippen LogP contribution in [0.25, 0.3) is 10.9 Å². The van der Waals surface area contributed by atoms with Gasteiger partial charge in [-0.2, -0.15) is 13.2 Å². The minimum atomic E-state index is -4.74. The van der Waals surface area contributed by atoms with E-state index in [0.29, 0.717) is 15.3 Å². The van der Waals surface area contributed by atoms with Crippen molar-refractivity contribution in [3.05, 3.63) is 38.9 Å². The molecule has 2 rings (SSSR count). The van der Waals surface area contributed by atoms with Crippen LogP contribution >= 0.6 is 0 Å². The molecule has 0 saturated carbocycles. The second kappa shape index (κ2) is 4.36. The molecule has 0 N–H and O–H groups in total. The number of pyridine rings is 1. The van der Waals surface area contributed by atoms with E-state index < -0.39 is 40.8 Å². The van der Waals surface area contributed by atoms with Gasteiger partial charge in [-0.05, 0) is 13.0 Å². The Hall–Kier alpha value is -2.32. The van der Waals surface area contributed by atoms with Gasteiger partial charge in [0.05, 0.1) is 16.6 Å². The van der Waals surface area contributed by atoms with E-state index in [1.807, 2.05) is 0 Å². The Bertz CT molecular complexity index is 838. The first-order chi connectivity index (χ1) is 10.4. The summed E-state index contributed by atoms with van der Waals surface area (Å²) in [6.07, 6.45) is -3.34. The summed E-state index contributed by atoms with van der Waals surface area (Å²) in [5.41, 5.74) is -2.46. The molecule has 0 aromatic carbocycles. The second-order valence-corrected chi connectivity index (χ2v) is 4.15. The van der Waals surface area contributed by atoms with Crippen LogP contribution in [0.1, 0.15) is 17.1 Å². The van der Waals surface area contributed by atoms with Crippen molar-refractivity contribution in [1.82, 2.24) is 9.13 Å². The highest BCUT2D eigenvalue weighted by Crippen LogP contribution is 2.30. The number of aryl methyl sites for hydroxylation is 1. The number of fused-ring (bicyclic) bond motifs is 1. The van der Waals surface area contributed by atoms with E-state index in [0.717, 1.165) is 19.2 Å². The summed E-state index contributed by atoms with van der Waals surface area (Å²) >= 11 is 0. The van der Waals surface area contributed by atoms with Crippen LogP contribution in [-0.4, -0.2) is 20.2 Å². The third kappa shape index (κ3) is 2.04. The molecular formula is C11H10F3N3O3. The van der Waals surface area contributed by atoms with Gasteiger partial charge in [0.2, 0.25) is 0 Å². The minimum absolute atomic E-state index is 0.291. The predicted molar refractivity (Wildman–Crippen MR) is 64.6 cm³/mol. The topological polar surface area (TPSA) is 70.1 Å². The van der Waals surface area contributed by atoms with Crippen molar-refractivity contribution in [2.45, 2.75) is 19.1 Å². The maximum absolute atomic E-state index is 12.8. The Balaban J connectivity index is 2.87. The van der Waals surface area contributed by atoms with E-state index in [1.54, 1.807) is 0 Å². The van der Waals surface area contributed by atoms with Crippen LogP contribution in [-0.2, 0) is 6.98 Å². The maximum atomic E-state index is 12.8. The minimum Gasteiger partial charge on any atom is -0.344 e. The lowest BCUT2D eigenvalue weighted by atomic mass is 10.2. The average Bonchev–Trinajstić information content (AvgIpc) is 2.77. The number of hydrogen-bond acceptors (Lipinski definition) is 3. The highest BCUT2D eigenvalue weighted by atomic mass is 19.4. The van der Waals surface area contributed by atoms with Crippen LogP contribution in [0.15, 0.2) is 23.3 Å². The molecule has 2 heterocycles. The van der Waals surface area contributed by atoms with E-state index in [2.05, 4.69) is 0 Å². The van der Waals surface area contributed by atoms with Crippen molar-refractivity contribution in [3.63, 3.8) is 0 Å². The Morgan fingerprint density at radius 3 is 2.65 bits per heavy atom. The molecule has 0 spiro atoms. The van der Waals surface area contributed by atoms with E-state index in [-0.39, 0.29) is 5.52 Å². The van der Waals surface area contributed by atoms with Crippen LogP contribution < -0.4 is 5.56 Å². The number of rotatable bonds is 2. The summed E-state index contributed by atoms with van der Waals surface area (Å²) < 4.78 is 61.1. The zero-order valence-electron chi connectivity index (χ0n) is 13.0. The molecule has 20 heavy (non-hydrogen) atoms. The predicted octanol–water partition coefficient (Wildman–Crippen LogP) is 2.37. The lowest BCUT2D eigenvalue weighted by molar-refractivity contribution is -0.383. The zero-order chi connectivity index (χ0) is 17.7. The molecule has 9 heteroatoms. The number of aromatic nitrogens is 2. The number of nitrogens with zero attached hydrogens (tertiary/aromatic N) is 3. The van der Waals surface area contributed by atoms with Crippen LogP contribution in [0.3, 0.4) is 0 Å². The molecule has 0 aliphatic carbocycles. The summed E-state index contributed by atoms with van der Waals surface area (Å²) in [5, 5.41) is 10.3. The van der Waals surface area contributed by atoms with Crippen molar-refractivity contribution < 1.29 is 22.2 Å². The molecule has 2 aromatic rings. The standard InChI is InChI=1S/C11H10F3N3O3/c1-6(11(12,13)14)16-4-3-7-9(10(16)18)8(17(19)20)5-15(7)2/h3-6H,1-2H3/i2D3. The van der Waals surface area contributed by atoms with Gasteiger partial charge in [0.25, 0.3) is 11.2 Å². The largest absolute Gasteiger partial charge is 0.408 e. The van der Waals surface area contributed by atoms with E-state index in [9.17, 15) is 28.1 Å². The number of halogens is 3. The molecule has 0 amide bonds. The van der Waals surface area contributed by atoms with Crippen molar-refractivity contribution in [1.29, 1.82) is 0 Å². The van der Waals surface area contributed by atoms with E-state index in [1.165, 1.54) is 0 Å². The van der Waals surface area contributed by atoms with Crippen LogP contribution in [0.5, 0.6) is 0 Å². The first-order valence-corrected chi connectivity index (χ1v) is 5.33. The summed E-state index contributed by atoms with van der Waals surface area (Å²) in [4.78, 5) is 22.3. The lowest BCUT2D eigenvalue weighted by Gasteiger charge is -2.18. The monoisotopic (exact) mass is 292 g/mol. The molecule has 0 aliphatic rings. The summed E-state index contributed by atoms with van der Waals surface area (Å²) in [5.74, 6) is 0. The third-order valence-corrected chi connectivity index (χ3v) is 2.95. The fourth-order valence-electron chi connectivity index (χ4n) is 1.84. The first-order valence-electron chi connectivity index (χ1n) is 6.83. The van der Waals surface area contributed by atoms with Gasteiger partial charge in [0.1, 0.15) is 11.4 Å². The van der Waals surface area contributed by atoms with Gasteiger partial charge in [-0.1, -0.05) is 0 Å². The van der Waals surface area contributed by atoms with Gasteiger partial charge in [0.15, 0.2) is 0 Å². The molecule has 0 radical (unpaired) electrons. The summed E-state index contributed by atoms with van der Waals surface area (Å²) in [6.45, 7) is -2.10. The van der Waals surface area contributed by atoms with Gasteiger partial charge in [-0.25, -0.2) is 0 Å². The van der Waals surface area contributed by atoms with Crippen molar-refractivity contribution in [3.8, 4) is 0 Å². The Morgan fingerprint density at radius 2 is 2.15 bits per heavy atom. The van der Waals surface area contributed by atoms with Gasteiger partial charge >= 0.3 is 6.18 Å². The molecule has 2 aromatic heterocycles. The lowest BCUT2D eigenvalue weighted by Crippen LogP contribution is -2.32. The summed E-state index contributed by atoms with van der Waals surface area (Å²) in [6, 6.07) is -1.27. The smallest absolute Gasteiger partial charge is 0.344 e. The van der Waals surface area contributed by atoms with Gasteiger partial charge in [-0.3, -0.25) is 14.9 Å². The molecule has 0 fully saturated rings. The van der Waals surface area contributed by atoms with Crippen LogP contribution in [0, 0.1) is 10.1 Å². The van der Waals surface area contributed by atoms with Gasteiger partial charge in [0, 0.05) is 17.3 Å². The Kier molecular flexibility index (Phi) is 2.28. The molecule has 0 aliphatic heterocycles. The quantitative estimate of drug-likeness (QED) is 0.630. The SMILES string of the molecule is [2H]C([2H])([2H])n1cc([N+](=O)[O-])c2c(=O)n(C(C)C(F)(F)F)ccc21. The van der Waals surface area contributed by atoms with Crippen molar-refractivity contribution >= 4 is 16.6 Å². The molecule has 0 bridgehead atoms. The van der Waals surface area contributed by atoms with Gasteiger partial charge < -0.3 is 9.13 Å². The maximum Gasteiger partial charge on any atom is 0.408 e. The fourth-order valence-corrected chi connectivity index (χ4v) is 1.84. The number of hydrogen-bond donors (Lipinski definition) is 0. The van der Waals surface area contributed by atoms with E-state index >= 15 is 0 Å². The number of nitro groups is 1. The van der Waals surface area contributed by atoms with E-state index in [4.69, 9.17) is 4.11 Å². The van der Waals surface area contributed by atoms with Crippen molar-refractivity contribution in [2.24, 2.45) is 6.98 Å². The Morgan fingerprint density at radius 1 is 1.50 bits per heavy atom. The second-order valence-electron chi connectivity index (χ2n) is 4.15. The van der Waals surface area contributed by atoms with Crippen LogP contribution in [0.2, 0.25) is 0 Å². The van der Waals surface area contributed by atoms with Crippen LogP contribution in [0.4, 0.5) is 18.9 Å². The van der Waals surface area contributed by atoms with Gasteiger partial charge in [-0.15, -0.1) is 0 Å².